The van der Waals surface area contributed by atoms with Gasteiger partial charge in [0.2, 0.25) is 0 Å². The molecule has 3 aliphatic heterocycles. The number of nitrogens with zero attached hydrogens (tertiary/aromatic N) is 1. The van der Waals surface area contributed by atoms with Gasteiger partial charge in [-0.2, -0.15) is 0 Å². The number of ketones is 1. The number of hydrogen-bond acceptors (Lipinski definition) is 15. The van der Waals surface area contributed by atoms with Gasteiger partial charge >= 0.3 is 5.97 Å². The van der Waals surface area contributed by atoms with Crippen LogP contribution in [0.1, 0.15) is 85.5 Å². The van der Waals surface area contributed by atoms with Gasteiger partial charge < -0.3 is 62.7 Å². The molecule has 1 aromatic rings. The fourth-order valence-corrected chi connectivity index (χ4v) is 12.4. The summed E-state index contributed by atoms with van der Waals surface area (Å²) in [4.78, 5) is 31.6. The number of esters is 1. The standard InChI is InChI=1S/C49H76N2O13/c1-12-28-15-13-17-37(64-40-20-19-36(51(5)6)26(3)60-40)25(2)43(53)34-23-31-30-21-29(63-49-48(59-11)47(58-10)45(56-8)27(4)61-49)22-33(30)44(54)42(41(31)32(34)24-39(52)62-28)50-35-16-14-18-38(55-7)46(35)57-9/h14,16,18,23,25-33,36-37,40-42,44-45,47-50,54H,12-13,15,17,19-22,24H2,1-11H3/t25-,26?,27?,28+,29+,30+,31+,32-,33-,36+,37+,40+,41-,42-,44-,45+,47?,48?,49+/m1/s1. The fourth-order valence-electron chi connectivity index (χ4n) is 12.4. The van der Waals surface area contributed by atoms with Crippen molar-refractivity contribution >= 4 is 17.4 Å². The zero-order valence-corrected chi connectivity index (χ0v) is 39.9. The predicted molar refractivity (Wildman–Crippen MR) is 238 cm³/mol. The maximum atomic E-state index is 15.3. The second-order valence-electron chi connectivity index (χ2n) is 19.3. The van der Waals surface area contributed by atoms with Crippen LogP contribution in [0, 0.1) is 35.5 Å². The third kappa shape index (κ3) is 9.89. The second kappa shape index (κ2) is 21.4. The summed E-state index contributed by atoms with van der Waals surface area (Å²) in [6, 6.07) is 5.28. The highest BCUT2D eigenvalue weighted by Crippen LogP contribution is 2.58. The van der Waals surface area contributed by atoms with Gasteiger partial charge in [-0.3, -0.25) is 9.59 Å². The number of methoxy groups -OCH3 is 5. The molecule has 1 aromatic carbocycles. The van der Waals surface area contributed by atoms with E-state index in [4.69, 9.17) is 47.4 Å². The maximum absolute atomic E-state index is 15.3. The minimum absolute atomic E-state index is 0.00249. The summed E-state index contributed by atoms with van der Waals surface area (Å²) in [6.45, 7) is 8.03. The molecule has 2 saturated carbocycles. The molecule has 3 aliphatic carbocycles. The summed E-state index contributed by atoms with van der Waals surface area (Å²) in [7, 11) is 12.2. The quantitative estimate of drug-likeness (QED) is 0.229. The highest BCUT2D eigenvalue weighted by Gasteiger charge is 2.60. The molecule has 3 saturated heterocycles. The Morgan fingerprint density at radius 1 is 0.844 bits per heavy atom. The zero-order valence-electron chi connectivity index (χ0n) is 39.9. The summed E-state index contributed by atoms with van der Waals surface area (Å²) >= 11 is 0. The molecule has 15 heteroatoms. The van der Waals surface area contributed by atoms with Crippen molar-refractivity contribution in [2.75, 3.05) is 55.0 Å². The minimum Gasteiger partial charge on any atom is -0.493 e. The van der Waals surface area contributed by atoms with Gasteiger partial charge in [0.25, 0.3) is 0 Å². The number of benzene rings is 1. The molecule has 19 atom stereocenters. The number of carbonyl (C=O) groups excluding carboxylic acids is 2. The van der Waals surface area contributed by atoms with E-state index in [9.17, 15) is 9.90 Å². The normalized spacial score (nSPS) is 41.8. The van der Waals surface area contributed by atoms with Gasteiger partial charge in [0, 0.05) is 39.2 Å². The molecular weight excluding hydrogens is 825 g/mol. The molecule has 64 heavy (non-hydrogen) atoms. The number of hydrogen-bond donors (Lipinski definition) is 2. The first kappa shape index (κ1) is 49.1. The summed E-state index contributed by atoms with van der Waals surface area (Å²) in [6.07, 6.45) is 2.91. The molecule has 360 valence electrons. The van der Waals surface area contributed by atoms with E-state index in [1.54, 1.807) is 35.5 Å². The van der Waals surface area contributed by atoms with Crippen molar-refractivity contribution in [3.8, 4) is 11.5 Å². The molecule has 7 rings (SSSR count). The molecule has 2 N–H and O–H groups in total. The average molecular weight is 901 g/mol. The fraction of sp³-hybridized carbons (Fsp3) is 0.796. The Morgan fingerprint density at radius 3 is 2.23 bits per heavy atom. The lowest BCUT2D eigenvalue weighted by molar-refractivity contribution is -0.314. The van der Waals surface area contributed by atoms with Gasteiger partial charge in [0.1, 0.15) is 24.4 Å². The van der Waals surface area contributed by atoms with E-state index in [2.05, 4.69) is 37.3 Å². The van der Waals surface area contributed by atoms with Crippen LogP contribution in [-0.4, -0.2) is 151 Å². The average Bonchev–Trinajstić information content (AvgIpc) is 3.87. The molecule has 15 nitrogen and oxygen atoms in total. The molecule has 0 bridgehead atoms. The Balaban J connectivity index is 1.24. The van der Waals surface area contributed by atoms with Crippen molar-refractivity contribution in [1.82, 2.24) is 4.90 Å². The number of ether oxygens (including phenoxy) is 10. The summed E-state index contributed by atoms with van der Waals surface area (Å²) in [5.41, 5.74) is 1.24. The molecule has 0 radical (unpaired) electrons. The largest absolute Gasteiger partial charge is 0.493 e. The van der Waals surface area contributed by atoms with Gasteiger partial charge in [-0.05, 0) is 121 Å². The molecule has 6 aliphatic rings. The van der Waals surface area contributed by atoms with Crippen molar-refractivity contribution in [1.29, 1.82) is 0 Å². The molecule has 5 fully saturated rings. The Kier molecular flexibility index (Phi) is 16.4. The van der Waals surface area contributed by atoms with Crippen molar-refractivity contribution in [2.24, 2.45) is 35.5 Å². The topological polar surface area (TPSA) is 162 Å². The van der Waals surface area contributed by atoms with Crippen LogP contribution in [0.3, 0.4) is 0 Å². The van der Waals surface area contributed by atoms with Crippen molar-refractivity contribution < 1.29 is 62.1 Å². The number of allylic oxidation sites excluding steroid dienone is 2. The van der Waals surface area contributed by atoms with Gasteiger partial charge in [-0.1, -0.05) is 26.0 Å². The summed E-state index contributed by atoms with van der Waals surface area (Å²) in [5, 5.41) is 16.5. The van der Waals surface area contributed by atoms with E-state index < -0.39 is 54.9 Å². The van der Waals surface area contributed by atoms with Crippen LogP contribution in [-0.2, 0) is 47.5 Å². The lowest BCUT2D eigenvalue weighted by Crippen LogP contribution is -2.59. The number of fused-ring (bicyclic) bond motifs is 5. The summed E-state index contributed by atoms with van der Waals surface area (Å²) in [5.74, 6) is -1.25. The van der Waals surface area contributed by atoms with Gasteiger partial charge in [0.15, 0.2) is 29.9 Å². The van der Waals surface area contributed by atoms with Crippen LogP contribution in [0.15, 0.2) is 29.8 Å². The Bertz CT molecular complexity index is 1760. The number of Topliss-reactive ketones (excluding diaryl/α,β-unsaturated/α-hetero) is 1. The second-order valence-corrected chi connectivity index (χ2v) is 19.3. The number of aliphatic hydroxyl groups is 1. The van der Waals surface area contributed by atoms with Crippen LogP contribution >= 0.6 is 0 Å². The maximum Gasteiger partial charge on any atom is 0.306 e. The van der Waals surface area contributed by atoms with Crippen LogP contribution < -0.4 is 14.8 Å². The van der Waals surface area contributed by atoms with E-state index in [1.165, 1.54) is 0 Å². The van der Waals surface area contributed by atoms with Gasteiger partial charge in [-0.25, -0.2) is 0 Å². The highest BCUT2D eigenvalue weighted by atomic mass is 16.7. The monoisotopic (exact) mass is 901 g/mol. The van der Waals surface area contributed by atoms with Gasteiger partial charge in [0.05, 0.1) is 62.9 Å². The van der Waals surface area contributed by atoms with E-state index in [-0.39, 0.29) is 78.4 Å². The third-order valence-electron chi connectivity index (χ3n) is 15.6. The van der Waals surface area contributed by atoms with E-state index in [0.717, 1.165) is 19.3 Å². The highest BCUT2D eigenvalue weighted by molar-refractivity contribution is 5.99. The number of cyclic esters (lactones) is 1. The van der Waals surface area contributed by atoms with Crippen molar-refractivity contribution in [3.05, 3.63) is 29.8 Å². The Hall–Kier alpha value is -2.86. The number of nitrogens with one attached hydrogen (secondary N) is 1. The predicted octanol–water partition coefficient (Wildman–Crippen LogP) is 5.79. The number of likely N-dealkylation sites (N-methyl/N-ethyl adjacent to an activating group) is 1. The SMILES string of the molecule is CC[C@H]1CCC[C@H](O[C@H]2CC[C@H](N(C)C)C(C)O2)[C@@H](C)C(=O)C2=C[C@H]3[C@@H]4C[C@H](O[C@@H]5OC(C)[C@H](OC)C(OC)C5OC)C[C@H]4[C@@H](O)[C@H](Nc4cccc(OC)c4OC)[C@H]3[C@@H]2CC(=O)O1. The molecule has 3 heterocycles. The van der Waals surface area contributed by atoms with Gasteiger partial charge in [-0.15, -0.1) is 0 Å². The van der Waals surface area contributed by atoms with Crippen molar-refractivity contribution in [3.63, 3.8) is 0 Å². The van der Waals surface area contributed by atoms with E-state index in [1.807, 2.05) is 39.0 Å². The number of rotatable bonds is 13. The zero-order chi connectivity index (χ0) is 46.0. The molecule has 0 aromatic heterocycles. The Labute approximate surface area is 380 Å². The number of anilines is 1. The van der Waals surface area contributed by atoms with Crippen LogP contribution in [0.5, 0.6) is 11.5 Å². The third-order valence-corrected chi connectivity index (χ3v) is 15.6. The Morgan fingerprint density at radius 2 is 1.58 bits per heavy atom. The molecular formula is C49H76N2O13. The minimum atomic E-state index is -0.890. The van der Waals surface area contributed by atoms with E-state index in [0.29, 0.717) is 54.9 Å². The van der Waals surface area contributed by atoms with Crippen LogP contribution in [0.25, 0.3) is 0 Å². The molecule has 4 unspecified atom stereocenters. The lowest BCUT2D eigenvalue weighted by atomic mass is 9.62. The first-order chi connectivity index (χ1) is 30.8. The number of carbonyl (C=O) groups is 2. The van der Waals surface area contributed by atoms with E-state index >= 15 is 4.79 Å². The number of aliphatic hydroxyl groups excluding tert-OH is 1. The molecule has 0 amide bonds. The van der Waals surface area contributed by atoms with Crippen LogP contribution in [0.4, 0.5) is 5.69 Å². The summed E-state index contributed by atoms with van der Waals surface area (Å²) < 4.78 is 61.9. The van der Waals surface area contributed by atoms with Crippen LogP contribution in [0.2, 0.25) is 0 Å². The molecule has 0 spiro atoms. The smallest absolute Gasteiger partial charge is 0.306 e. The number of para-hydroxylation sites is 1. The first-order valence-corrected chi connectivity index (χ1v) is 23.7. The lowest BCUT2D eigenvalue weighted by Gasteiger charge is -2.48. The first-order valence-electron chi connectivity index (χ1n) is 23.7. The van der Waals surface area contributed by atoms with Crippen molar-refractivity contribution in [2.45, 2.75) is 165 Å².